The van der Waals surface area contributed by atoms with E-state index in [-0.39, 0.29) is 16.2 Å². The van der Waals surface area contributed by atoms with E-state index in [1.54, 1.807) is 54.6 Å². The molecular formula is C22H18BrNO5S. The first-order valence-electron chi connectivity index (χ1n) is 8.89. The number of esters is 1. The lowest BCUT2D eigenvalue weighted by Gasteiger charge is -2.19. The zero-order valence-corrected chi connectivity index (χ0v) is 18.4. The third-order valence-corrected chi connectivity index (χ3v) is 6.87. The summed E-state index contributed by atoms with van der Waals surface area (Å²) in [6, 6.07) is 20.9. The highest BCUT2D eigenvalue weighted by Crippen LogP contribution is 2.22. The van der Waals surface area contributed by atoms with Crippen molar-refractivity contribution in [1.82, 2.24) is 0 Å². The third-order valence-electron chi connectivity index (χ3n) is 4.38. The lowest BCUT2D eigenvalue weighted by Crippen LogP contribution is -2.26. The van der Waals surface area contributed by atoms with Crippen LogP contribution in [0, 0.1) is 0 Å². The number of rotatable bonds is 7. The minimum atomic E-state index is -3.78. The second-order valence-corrected chi connectivity index (χ2v) is 9.14. The van der Waals surface area contributed by atoms with Gasteiger partial charge in [-0.3, -0.25) is 9.10 Å². The SMILES string of the molecule is CN(c1ccccc1)S(=O)(=O)c1ccc(C(=O)OCC(=O)c2ccccc2Br)cc1. The van der Waals surface area contributed by atoms with Gasteiger partial charge in [-0.2, -0.15) is 0 Å². The van der Waals surface area contributed by atoms with E-state index in [0.29, 0.717) is 15.7 Å². The fraction of sp³-hybridized carbons (Fsp3) is 0.0909. The standard InChI is InChI=1S/C22H18BrNO5S/c1-24(17-7-3-2-4-8-17)30(27,28)18-13-11-16(12-14-18)22(26)29-15-21(25)19-9-5-6-10-20(19)23/h2-14H,15H2,1H3. The van der Waals surface area contributed by atoms with Gasteiger partial charge in [-0.25, -0.2) is 13.2 Å². The predicted octanol–water partition coefficient (Wildman–Crippen LogP) is 4.31. The van der Waals surface area contributed by atoms with Crippen LogP contribution in [0.2, 0.25) is 0 Å². The summed E-state index contributed by atoms with van der Waals surface area (Å²) in [5.41, 5.74) is 1.08. The fourth-order valence-electron chi connectivity index (χ4n) is 2.68. The molecule has 0 saturated heterocycles. The van der Waals surface area contributed by atoms with Crippen LogP contribution in [0.25, 0.3) is 0 Å². The van der Waals surface area contributed by atoms with Gasteiger partial charge >= 0.3 is 5.97 Å². The lowest BCUT2D eigenvalue weighted by molar-refractivity contribution is 0.0474. The molecule has 0 aliphatic heterocycles. The molecule has 0 aromatic heterocycles. The van der Waals surface area contributed by atoms with Crippen molar-refractivity contribution < 1.29 is 22.7 Å². The minimum absolute atomic E-state index is 0.0368. The molecule has 0 atom stereocenters. The van der Waals surface area contributed by atoms with E-state index in [1.807, 2.05) is 0 Å². The first-order valence-corrected chi connectivity index (χ1v) is 11.1. The third kappa shape index (κ3) is 4.77. The van der Waals surface area contributed by atoms with Gasteiger partial charge in [0.15, 0.2) is 6.61 Å². The van der Waals surface area contributed by atoms with Gasteiger partial charge in [-0.05, 0) is 42.5 Å². The molecule has 0 N–H and O–H groups in total. The Bertz CT molecular complexity index is 1160. The Morgan fingerprint density at radius 2 is 1.50 bits per heavy atom. The van der Waals surface area contributed by atoms with Crippen LogP contribution in [0.1, 0.15) is 20.7 Å². The Morgan fingerprint density at radius 3 is 2.13 bits per heavy atom. The van der Waals surface area contributed by atoms with Crippen molar-refractivity contribution in [2.75, 3.05) is 18.0 Å². The number of hydrogen-bond acceptors (Lipinski definition) is 5. The molecule has 30 heavy (non-hydrogen) atoms. The molecule has 154 valence electrons. The van der Waals surface area contributed by atoms with Crippen molar-refractivity contribution in [3.05, 3.63) is 94.5 Å². The van der Waals surface area contributed by atoms with Crippen LogP contribution < -0.4 is 4.31 Å². The lowest BCUT2D eigenvalue weighted by atomic mass is 10.1. The predicted molar refractivity (Wildman–Crippen MR) is 117 cm³/mol. The second kappa shape index (κ2) is 9.23. The normalized spacial score (nSPS) is 11.0. The number of ketones is 1. The number of carbonyl (C=O) groups is 2. The van der Waals surface area contributed by atoms with Gasteiger partial charge in [-0.15, -0.1) is 0 Å². The number of nitrogens with zero attached hydrogens (tertiary/aromatic N) is 1. The molecular weight excluding hydrogens is 470 g/mol. The van der Waals surface area contributed by atoms with Crippen LogP contribution in [-0.2, 0) is 14.8 Å². The van der Waals surface area contributed by atoms with Gasteiger partial charge in [-0.1, -0.05) is 52.3 Å². The van der Waals surface area contributed by atoms with Crippen molar-refractivity contribution in [3.63, 3.8) is 0 Å². The Morgan fingerprint density at radius 1 is 0.900 bits per heavy atom. The number of hydrogen-bond donors (Lipinski definition) is 0. The van der Waals surface area contributed by atoms with E-state index in [0.717, 1.165) is 4.31 Å². The summed E-state index contributed by atoms with van der Waals surface area (Å²) in [5, 5.41) is 0. The molecule has 0 aliphatic rings. The summed E-state index contributed by atoms with van der Waals surface area (Å²) < 4.78 is 32.4. The van der Waals surface area contributed by atoms with Crippen molar-refractivity contribution in [2.24, 2.45) is 0 Å². The minimum Gasteiger partial charge on any atom is -0.454 e. The van der Waals surface area contributed by atoms with E-state index in [4.69, 9.17) is 4.74 Å². The Kier molecular flexibility index (Phi) is 6.69. The maximum Gasteiger partial charge on any atom is 0.338 e. The number of Topliss-reactive ketones (excluding diaryl/α,β-unsaturated/α-hetero) is 1. The summed E-state index contributed by atoms with van der Waals surface area (Å²) in [5.74, 6) is -1.06. The maximum absolute atomic E-state index is 12.8. The first kappa shape index (κ1) is 21.7. The molecule has 3 rings (SSSR count). The molecule has 0 fully saturated rings. The van der Waals surface area contributed by atoms with Gasteiger partial charge in [0.25, 0.3) is 10.0 Å². The molecule has 0 heterocycles. The highest BCUT2D eigenvalue weighted by molar-refractivity contribution is 9.10. The van der Waals surface area contributed by atoms with Gasteiger partial charge < -0.3 is 4.74 Å². The summed E-state index contributed by atoms with van der Waals surface area (Å²) in [4.78, 5) is 24.5. The largest absolute Gasteiger partial charge is 0.454 e. The van der Waals surface area contributed by atoms with Gasteiger partial charge in [0.05, 0.1) is 16.1 Å². The van der Waals surface area contributed by atoms with Crippen molar-refractivity contribution in [3.8, 4) is 0 Å². The van der Waals surface area contributed by atoms with Crippen LogP contribution >= 0.6 is 15.9 Å². The number of para-hydroxylation sites is 1. The number of carbonyl (C=O) groups excluding carboxylic acids is 2. The molecule has 0 spiro atoms. The Hall–Kier alpha value is -2.97. The molecule has 0 amide bonds. The molecule has 3 aromatic rings. The van der Waals surface area contributed by atoms with E-state index in [1.165, 1.54) is 31.3 Å². The molecule has 0 saturated carbocycles. The molecule has 0 radical (unpaired) electrons. The zero-order chi connectivity index (χ0) is 21.7. The summed E-state index contributed by atoms with van der Waals surface area (Å²) in [6.07, 6.45) is 0. The van der Waals surface area contributed by atoms with Crippen LogP contribution in [0.4, 0.5) is 5.69 Å². The van der Waals surface area contributed by atoms with Crippen molar-refractivity contribution in [2.45, 2.75) is 4.90 Å². The Labute approximate surface area is 183 Å². The van der Waals surface area contributed by atoms with Gasteiger partial charge in [0.2, 0.25) is 5.78 Å². The number of anilines is 1. The van der Waals surface area contributed by atoms with Crippen molar-refractivity contribution in [1.29, 1.82) is 0 Å². The quantitative estimate of drug-likeness (QED) is 0.366. The van der Waals surface area contributed by atoms with Crippen LogP contribution in [0.3, 0.4) is 0 Å². The summed E-state index contributed by atoms with van der Waals surface area (Å²) in [6.45, 7) is -0.418. The number of halogens is 1. The van der Waals surface area contributed by atoms with E-state index in [9.17, 15) is 18.0 Å². The number of ether oxygens (including phenoxy) is 1. The summed E-state index contributed by atoms with van der Waals surface area (Å²) in [7, 11) is -2.32. The van der Waals surface area contributed by atoms with Gasteiger partial charge in [0, 0.05) is 17.1 Å². The fourth-order valence-corrected chi connectivity index (χ4v) is 4.38. The molecule has 0 unspecified atom stereocenters. The monoisotopic (exact) mass is 487 g/mol. The molecule has 3 aromatic carbocycles. The molecule has 0 bridgehead atoms. The first-order chi connectivity index (χ1) is 14.3. The molecule has 6 nitrogen and oxygen atoms in total. The van der Waals surface area contributed by atoms with Crippen LogP contribution in [0.5, 0.6) is 0 Å². The summed E-state index contributed by atoms with van der Waals surface area (Å²) >= 11 is 3.28. The topological polar surface area (TPSA) is 80.8 Å². The zero-order valence-electron chi connectivity index (χ0n) is 16.0. The highest BCUT2D eigenvalue weighted by Gasteiger charge is 2.22. The highest BCUT2D eigenvalue weighted by atomic mass is 79.9. The van der Waals surface area contributed by atoms with Crippen LogP contribution in [0.15, 0.2) is 88.2 Å². The smallest absolute Gasteiger partial charge is 0.338 e. The molecule has 8 heteroatoms. The van der Waals surface area contributed by atoms with E-state index >= 15 is 0 Å². The van der Waals surface area contributed by atoms with E-state index in [2.05, 4.69) is 15.9 Å². The maximum atomic E-state index is 12.8. The van der Waals surface area contributed by atoms with Gasteiger partial charge in [0.1, 0.15) is 0 Å². The van der Waals surface area contributed by atoms with Crippen molar-refractivity contribution >= 4 is 43.4 Å². The Balaban J connectivity index is 1.68. The second-order valence-electron chi connectivity index (χ2n) is 6.31. The molecule has 0 aliphatic carbocycles. The van der Waals surface area contributed by atoms with E-state index < -0.39 is 22.6 Å². The number of sulfonamides is 1. The average Bonchev–Trinajstić information content (AvgIpc) is 2.77. The van der Waals surface area contributed by atoms with Crippen LogP contribution in [-0.4, -0.2) is 33.8 Å². The number of benzene rings is 3. The average molecular weight is 488 g/mol.